The van der Waals surface area contributed by atoms with Crippen molar-refractivity contribution in [3.8, 4) is 0 Å². The zero-order valence-electron chi connectivity index (χ0n) is 24.6. The molecule has 0 amide bonds. The zero-order chi connectivity index (χ0) is 29.8. The van der Waals surface area contributed by atoms with Gasteiger partial charge in [-0.05, 0) is 46.2 Å². The number of rotatable bonds is 7. The van der Waals surface area contributed by atoms with Gasteiger partial charge < -0.3 is 29.2 Å². The third kappa shape index (κ3) is 5.31. The Labute approximate surface area is 241 Å². The molecule has 3 aliphatic rings. The van der Waals surface area contributed by atoms with Crippen LogP contribution in [0.15, 0.2) is 12.7 Å². The van der Waals surface area contributed by atoms with Gasteiger partial charge in [0.05, 0.1) is 18.2 Å². The quantitative estimate of drug-likeness (QED) is 0.253. The van der Waals surface area contributed by atoms with E-state index in [4.69, 9.17) is 18.9 Å². The largest absolute Gasteiger partial charge is 0.455 e. The summed E-state index contributed by atoms with van der Waals surface area (Å²) in [5.74, 6) is -3.76. The van der Waals surface area contributed by atoms with Gasteiger partial charge in [-0.1, -0.05) is 26.8 Å². The summed E-state index contributed by atoms with van der Waals surface area (Å²) in [6.45, 7) is 12.6. The van der Waals surface area contributed by atoms with Crippen LogP contribution in [0.5, 0.6) is 0 Å². The Kier molecular flexibility index (Phi) is 9.67. The Morgan fingerprint density at radius 1 is 1.12 bits per heavy atom. The monoisotopic (exact) mass is 589 g/mol. The van der Waals surface area contributed by atoms with E-state index in [9.17, 15) is 29.4 Å². The molecular formula is C28H44ClNO10. The van der Waals surface area contributed by atoms with E-state index in [1.165, 1.54) is 13.0 Å². The molecule has 0 aromatic heterocycles. The number of nitrogens with zero attached hydrogens (tertiary/aromatic N) is 1. The van der Waals surface area contributed by atoms with Crippen LogP contribution in [-0.4, -0.2) is 101 Å². The molecule has 12 heteroatoms. The highest BCUT2D eigenvalue weighted by Crippen LogP contribution is 2.67. The average molecular weight is 590 g/mol. The Hall–Kier alpha value is -2.05. The van der Waals surface area contributed by atoms with Crippen LogP contribution >= 0.6 is 12.4 Å². The van der Waals surface area contributed by atoms with E-state index >= 15 is 0 Å². The van der Waals surface area contributed by atoms with Crippen molar-refractivity contribution in [3.05, 3.63) is 12.7 Å². The van der Waals surface area contributed by atoms with Crippen LogP contribution in [0.2, 0.25) is 0 Å². The molecular weight excluding hydrogens is 546 g/mol. The van der Waals surface area contributed by atoms with E-state index in [0.29, 0.717) is 6.42 Å². The normalized spacial score (nSPS) is 40.1. The third-order valence-corrected chi connectivity index (χ3v) is 9.06. The SMILES string of the molecule is C=C[C@@]1(C)CC(=O)[C@]2(O)[C@@]3(C)[C@@H](O)CCC(C)(C)[C@@H]3[C@H](OC(=O)COC(=O)CN(C)C)[C@H](OC(C)=O)[C@@]2(C)O1.Cl. The van der Waals surface area contributed by atoms with Crippen molar-refractivity contribution in [1.82, 2.24) is 4.90 Å². The fraction of sp³-hybridized carbons (Fsp3) is 0.786. The lowest BCUT2D eigenvalue weighted by molar-refractivity contribution is -0.371. The Balaban J connectivity index is 0.00000560. The number of hydrogen-bond donors (Lipinski definition) is 2. The molecule has 0 spiro atoms. The van der Waals surface area contributed by atoms with E-state index < -0.39 is 82.2 Å². The first-order chi connectivity index (χ1) is 17.8. The predicted octanol–water partition coefficient (Wildman–Crippen LogP) is 1.60. The number of aliphatic hydroxyl groups excluding tert-OH is 1. The van der Waals surface area contributed by atoms with Gasteiger partial charge in [0.1, 0.15) is 11.7 Å². The number of fused-ring (bicyclic) bond motifs is 3. The zero-order valence-corrected chi connectivity index (χ0v) is 25.5. The molecule has 40 heavy (non-hydrogen) atoms. The topological polar surface area (TPSA) is 149 Å². The highest BCUT2D eigenvalue weighted by Gasteiger charge is 2.82. The molecule has 8 atom stereocenters. The predicted molar refractivity (Wildman–Crippen MR) is 145 cm³/mol. The molecule has 3 fully saturated rings. The summed E-state index contributed by atoms with van der Waals surface area (Å²) in [5.41, 5.74) is -7.80. The van der Waals surface area contributed by atoms with Gasteiger partial charge >= 0.3 is 17.9 Å². The second kappa shape index (κ2) is 11.3. The van der Waals surface area contributed by atoms with Gasteiger partial charge in [0, 0.05) is 24.7 Å². The number of Topliss-reactive ketones (excluding diaryl/α,β-unsaturated/α-hetero) is 1. The summed E-state index contributed by atoms with van der Waals surface area (Å²) in [5, 5.41) is 24.0. The van der Waals surface area contributed by atoms with Crippen molar-refractivity contribution in [2.75, 3.05) is 27.2 Å². The van der Waals surface area contributed by atoms with Crippen LogP contribution in [0.25, 0.3) is 0 Å². The van der Waals surface area contributed by atoms with Crippen molar-refractivity contribution < 1.29 is 48.3 Å². The molecule has 0 aromatic rings. The molecule has 2 N–H and O–H groups in total. The van der Waals surface area contributed by atoms with Crippen molar-refractivity contribution >= 4 is 36.1 Å². The number of ketones is 1. The van der Waals surface area contributed by atoms with Gasteiger partial charge in [0.25, 0.3) is 0 Å². The maximum Gasteiger partial charge on any atom is 0.344 e. The fourth-order valence-corrected chi connectivity index (χ4v) is 7.37. The van der Waals surface area contributed by atoms with E-state index in [1.54, 1.807) is 32.8 Å². The molecule has 1 saturated heterocycles. The molecule has 0 aromatic carbocycles. The highest BCUT2D eigenvalue weighted by atomic mass is 35.5. The molecule has 1 heterocycles. The minimum Gasteiger partial charge on any atom is -0.455 e. The van der Waals surface area contributed by atoms with E-state index in [0.717, 1.165) is 6.92 Å². The van der Waals surface area contributed by atoms with E-state index in [1.807, 2.05) is 13.8 Å². The van der Waals surface area contributed by atoms with Crippen LogP contribution in [-0.2, 0) is 38.1 Å². The first-order valence-corrected chi connectivity index (χ1v) is 13.2. The van der Waals surface area contributed by atoms with E-state index in [2.05, 4.69) is 6.58 Å². The Morgan fingerprint density at radius 2 is 1.73 bits per heavy atom. The van der Waals surface area contributed by atoms with Gasteiger partial charge in [0.2, 0.25) is 0 Å². The smallest absolute Gasteiger partial charge is 0.344 e. The second-order valence-electron chi connectivity index (χ2n) is 12.7. The molecule has 0 unspecified atom stereocenters. The lowest BCUT2D eigenvalue weighted by atomic mass is 9.39. The molecule has 0 bridgehead atoms. The lowest BCUT2D eigenvalue weighted by Crippen LogP contribution is -2.87. The molecule has 0 radical (unpaired) electrons. The summed E-state index contributed by atoms with van der Waals surface area (Å²) in [6, 6.07) is 0. The van der Waals surface area contributed by atoms with Crippen LogP contribution in [0.3, 0.4) is 0 Å². The molecule has 1 aliphatic heterocycles. The number of aliphatic hydroxyl groups is 2. The summed E-state index contributed by atoms with van der Waals surface area (Å²) >= 11 is 0. The number of carbonyl (C=O) groups excluding carboxylic acids is 4. The van der Waals surface area contributed by atoms with Crippen LogP contribution < -0.4 is 0 Å². The molecule has 2 saturated carbocycles. The Morgan fingerprint density at radius 3 is 2.25 bits per heavy atom. The first-order valence-electron chi connectivity index (χ1n) is 13.2. The average Bonchev–Trinajstić information content (AvgIpc) is 2.80. The van der Waals surface area contributed by atoms with Crippen LogP contribution in [0, 0.1) is 16.7 Å². The third-order valence-electron chi connectivity index (χ3n) is 9.06. The molecule has 228 valence electrons. The van der Waals surface area contributed by atoms with Gasteiger partial charge in [-0.2, -0.15) is 0 Å². The number of likely N-dealkylation sites (N-methyl/N-ethyl adjacent to an activating group) is 1. The maximum atomic E-state index is 14.0. The highest BCUT2D eigenvalue weighted by molar-refractivity contribution is 5.92. The summed E-state index contributed by atoms with van der Waals surface area (Å²) in [7, 11) is 3.35. The molecule has 2 aliphatic carbocycles. The maximum absolute atomic E-state index is 14.0. The van der Waals surface area contributed by atoms with Gasteiger partial charge in [-0.15, -0.1) is 19.0 Å². The van der Waals surface area contributed by atoms with E-state index in [-0.39, 0.29) is 31.8 Å². The number of ether oxygens (including phenoxy) is 4. The number of halogens is 1. The minimum atomic E-state index is -2.33. The standard InChI is InChI=1S/C28H43NO10.ClH/c1-10-25(5)13-18(32)28(35)26(6)17(31)11-12-24(3,4)22(26)21(23(37-16(2)30)27(28,7)39-25)38-20(34)15-36-19(33)14-29(8)9;/h10,17,21-23,31,35H,1,11-15H2,2-9H3;1H/t17-,21-,22-,23-,25-,26-,27+,28-;/m0./s1. The molecule has 11 nitrogen and oxygen atoms in total. The first kappa shape index (κ1) is 34.2. The number of esters is 3. The van der Waals surface area contributed by atoms with Crippen molar-refractivity contribution in [2.24, 2.45) is 16.7 Å². The minimum absolute atomic E-state index is 0. The van der Waals surface area contributed by atoms with Gasteiger partial charge in [-0.3, -0.25) is 19.3 Å². The number of carbonyl (C=O) groups is 4. The fourth-order valence-electron chi connectivity index (χ4n) is 7.37. The van der Waals surface area contributed by atoms with Crippen molar-refractivity contribution in [3.63, 3.8) is 0 Å². The summed E-state index contributed by atoms with van der Waals surface area (Å²) in [4.78, 5) is 53.1. The van der Waals surface area contributed by atoms with Crippen LogP contribution in [0.4, 0.5) is 0 Å². The summed E-state index contributed by atoms with van der Waals surface area (Å²) < 4.78 is 23.2. The lowest BCUT2D eigenvalue weighted by Gasteiger charge is -2.71. The number of hydrogen-bond acceptors (Lipinski definition) is 11. The van der Waals surface area contributed by atoms with Crippen molar-refractivity contribution in [1.29, 1.82) is 0 Å². The van der Waals surface area contributed by atoms with Gasteiger partial charge in [-0.25, -0.2) is 4.79 Å². The van der Waals surface area contributed by atoms with Crippen LogP contribution in [0.1, 0.15) is 60.8 Å². The second-order valence-corrected chi connectivity index (χ2v) is 12.7. The molecule has 3 rings (SSSR count). The summed E-state index contributed by atoms with van der Waals surface area (Å²) in [6.07, 6.45) is -1.96. The van der Waals surface area contributed by atoms with Crippen molar-refractivity contribution in [2.45, 2.75) is 95.9 Å². The Bertz CT molecular complexity index is 1050. The van der Waals surface area contributed by atoms with Gasteiger partial charge in [0.15, 0.2) is 24.1 Å².